The van der Waals surface area contributed by atoms with Gasteiger partial charge in [0.05, 0.1) is 6.61 Å². The zero-order chi connectivity index (χ0) is 12.3. The first-order valence-electron chi connectivity index (χ1n) is 6.47. The van der Waals surface area contributed by atoms with Gasteiger partial charge in [0, 0.05) is 19.7 Å². The van der Waals surface area contributed by atoms with Crippen molar-refractivity contribution in [2.24, 2.45) is 5.92 Å². The summed E-state index contributed by atoms with van der Waals surface area (Å²) in [4.78, 5) is 2.41. The maximum Gasteiger partial charge on any atom is 0.0507 e. The van der Waals surface area contributed by atoms with E-state index < -0.39 is 0 Å². The van der Waals surface area contributed by atoms with E-state index in [1.165, 1.54) is 23.1 Å². The highest BCUT2D eigenvalue weighted by Crippen LogP contribution is 2.16. The molecule has 1 aliphatic rings. The molecule has 1 heterocycles. The molecule has 0 amide bonds. The summed E-state index contributed by atoms with van der Waals surface area (Å²) in [7, 11) is 2.20. The SMILES string of the molecule is Cc1ccc(CN(C)CC2CCOC2)cc1C. The monoisotopic (exact) mass is 233 g/mol. The summed E-state index contributed by atoms with van der Waals surface area (Å²) >= 11 is 0. The Bertz CT molecular complexity index is 369. The molecule has 2 rings (SSSR count). The van der Waals surface area contributed by atoms with Gasteiger partial charge < -0.3 is 9.64 Å². The molecule has 1 aromatic rings. The fraction of sp³-hybridized carbons (Fsp3) is 0.600. The van der Waals surface area contributed by atoms with Gasteiger partial charge in [-0.25, -0.2) is 0 Å². The Hall–Kier alpha value is -0.860. The Kier molecular flexibility index (Phi) is 4.19. The van der Waals surface area contributed by atoms with Gasteiger partial charge in [-0.15, -0.1) is 0 Å². The summed E-state index contributed by atoms with van der Waals surface area (Å²) in [5.74, 6) is 0.728. The van der Waals surface area contributed by atoms with Crippen LogP contribution in [0.4, 0.5) is 0 Å². The third-order valence-electron chi connectivity index (χ3n) is 3.62. The highest BCUT2D eigenvalue weighted by Gasteiger charge is 2.17. The summed E-state index contributed by atoms with van der Waals surface area (Å²) in [5.41, 5.74) is 4.18. The first kappa shape index (κ1) is 12.6. The van der Waals surface area contributed by atoms with Crippen LogP contribution in [-0.2, 0) is 11.3 Å². The smallest absolute Gasteiger partial charge is 0.0507 e. The van der Waals surface area contributed by atoms with Crippen molar-refractivity contribution in [3.8, 4) is 0 Å². The Labute approximate surface area is 105 Å². The minimum Gasteiger partial charge on any atom is -0.381 e. The first-order chi connectivity index (χ1) is 8.15. The van der Waals surface area contributed by atoms with Crippen molar-refractivity contribution in [2.45, 2.75) is 26.8 Å². The van der Waals surface area contributed by atoms with E-state index in [1.807, 2.05) is 0 Å². The molecule has 1 unspecified atom stereocenters. The molecule has 94 valence electrons. The number of rotatable bonds is 4. The largest absolute Gasteiger partial charge is 0.381 e. The van der Waals surface area contributed by atoms with Gasteiger partial charge >= 0.3 is 0 Å². The second kappa shape index (κ2) is 5.65. The van der Waals surface area contributed by atoms with Gasteiger partial charge in [-0.2, -0.15) is 0 Å². The lowest BCUT2D eigenvalue weighted by Gasteiger charge is -2.20. The molecule has 0 bridgehead atoms. The predicted octanol–water partition coefficient (Wildman–Crippen LogP) is 2.77. The second-order valence-electron chi connectivity index (χ2n) is 5.34. The predicted molar refractivity (Wildman–Crippen MR) is 71.2 cm³/mol. The summed E-state index contributed by atoms with van der Waals surface area (Å²) in [6.45, 7) is 8.42. The van der Waals surface area contributed by atoms with Crippen molar-refractivity contribution in [1.29, 1.82) is 0 Å². The van der Waals surface area contributed by atoms with E-state index in [1.54, 1.807) is 0 Å². The fourth-order valence-electron chi connectivity index (χ4n) is 2.45. The maximum atomic E-state index is 5.42. The molecular weight excluding hydrogens is 210 g/mol. The topological polar surface area (TPSA) is 12.5 Å². The molecule has 0 radical (unpaired) electrons. The number of ether oxygens (including phenoxy) is 1. The molecule has 1 fully saturated rings. The molecule has 2 nitrogen and oxygen atoms in total. The van der Waals surface area contributed by atoms with Crippen molar-refractivity contribution < 1.29 is 4.74 Å². The number of aryl methyl sites for hydroxylation is 2. The second-order valence-corrected chi connectivity index (χ2v) is 5.34. The molecule has 0 aromatic heterocycles. The highest BCUT2D eigenvalue weighted by atomic mass is 16.5. The van der Waals surface area contributed by atoms with Crippen LogP contribution in [0.5, 0.6) is 0 Å². The maximum absolute atomic E-state index is 5.42. The van der Waals surface area contributed by atoms with E-state index in [4.69, 9.17) is 4.74 Å². The lowest BCUT2D eigenvalue weighted by molar-refractivity contribution is 0.173. The van der Waals surface area contributed by atoms with Crippen molar-refractivity contribution in [3.63, 3.8) is 0 Å². The average Bonchev–Trinajstić information content (AvgIpc) is 2.76. The summed E-state index contributed by atoms with van der Waals surface area (Å²) in [5, 5.41) is 0. The van der Waals surface area contributed by atoms with Crippen LogP contribution in [-0.4, -0.2) is 31.7 Å². The zero-order valence-corrected chi connectivity index (χ0v) is 11.2. The molecule has 2 heteroatoms. The van der Waals surface area contributed by atoms with Crippen LogP contribution in [0.25, 0.3) is 0 Å². The quantitative estimate of drug-likeness (QED) is 0.793. The van der Waals surface area contributed by atoms with Gasteiger partial charge in [0.15, 0.2) is 0 Å². The molecular formula is C15H23NO. The van der Waals surface area contributed by atoms with E-state index in [9.17, 15) is 0 Å². The zero-order valence-electron chi connectivity index (χ0n) is 11.2. The molecule has 0 saturated carbocycles. The molecule has 0 spiro atoms. The molecule has 17 heavy (non-hydrogen) atoms. The van der Waals surface area contributed by atoms with E-state index >= 15 is 0 Å². The fourth-order valence-corrected chi connectivity index (χ4v) is 2.45. The van der Waals surface area contributed by atoms with Gasteiger partial charge in [0.2, 0.25) is 0 Å². The van der Waals surface area contributed by atoms with Crippen LogP contribution >= 0.6 is 0 Å². The number of nitrogens with zero attached hydrogens (tertiary/aromatic N) is 1. The van der Waals surface area contributed by atoms with E-state index in [0.29, 0.717) is 0 Å². The van der Waals surface area contributed by atoms with Crippen LogP contribution in [0.15, 0.2) is 18.2 Å². The van der Waals surface area contributed by atoms with E-state index in [0.717, 1.165) is 32.2 Å². The van der Waals surface area contributed by atoms with Crippen molar-refractivity contribution >= 4 is 0 Å². The molecule has 1 aromatic carbocycles. The normalized spacial score (nSPS) is 20.1. The van der Waals surface area contributed by atoms with Gasteiger partial charge in [0.1, 0.15) is 0 Å². The van der Waals surface area contributed by atoms with Gasteiger partial charge in [0.25, 0.3) is 0 Å². The van der Waals surface area contributed by atoms with E-state index in [2.05, 4.69) is 44.0 Å². The Morgan fingerprint density at radius 3 is 2.76 bits per heavy atom. The third-order valence-corrected chi connectivity index (χ3v) is 3.62. The Morgan fingerprint density at radius 2 is 2.12 bits per heavy atom. The molecule has 1 atom stereocenters. The lowest BCUT2D eigenvalue weighted by atomic mass is 10.1. The standard InChI is InChI=1S/C15H23NO/c1-12-4-5-14(8-13(12)2)9-16(3)10-15-6-7-17-11-15/h4-5,8,15H,6-7,9-11H2,1-3H3. The Balaban J connectivity index is 1.88. The van der Waals surface area contributed by atoms with Crippen molar-refractivity contribution in [2.75, 3.05) is 26.8 Å². The number of hydrogen-bond donors (Lipinski definition) is 0. The van der Waals surface area contributed by atoms with Crippen molar-refractivity contribution in [3.05, 3.63) is 34.9 Å². The van der Waals surface area contributed by atoms with Crippen molar-refractivity contribution in [1.82, 2.24) is 4.90 Å². The highest BCUT2D eigenvalue weighted by molar-refractivity contribution is 5.29. The van der Waals surface area contributed by atoms with Gasteiger partial charge in [-0.1, -0.05) is 18.2 Å². The van der Waals surface area contributed by atoms with Gasteiger partial charge in [-0.3, -0.25) is 0 Å². The van der Waals surface area contributed by atoms with Crippen LogP contribution < -0.4 is 0 Å². The Morgan fingerprint density at radius 1 is 1.29 bits per heavy atom. The molecule has 0 aliphatic carbocycles. The van der Waals surface area contributed by atoms with Crippen LogP contribution in [0, 0.1) is 19.8 Å². The molecule has 1 saturated heterocycles. The van der Waals surface area contributed by atoms with Gasteiger partial charge in [-0.05, 0) is 49.9 Å². The summed E-state index contributed by atoms with van der Waals surface area (Å²) < 4.78 is 5.42. The van der Waals surface area contributed by atoms with Crippen LogP contribution in [0.2, 0.25) is 0 Å². The summed E-state index contributed by atoms with van der Waals surface area (Å²) in [6, 6.07) is 6.76. The van der Waals surface area contributed by atoms with Crippen LogP contribution in [0.3, 0.4) is 0 Å². The van der Waals surface area contributed by atoms with E-state index in [-0.39, 0.29) is 0 Å². The average molecular weight is 233 g/mol. The summed E-state index contributed by atoms with van der Waals surface area (Å²) in [6.07, 6.45) is 1.22. The minimum absolute atomic E-state index is 0.728. The van der Waals surface area contributed by atoms with Crippen LogP contribution in [0.1, 0.15) is 23.1 Å². The lowest BCUT2D eigenvalue weighted by Crippen LogP contribution is -2.25. The molecule has 0 N–H and O–H groups in total. The number of benzene rings is 1. The first-order valence-corrected chi connectivity index (χ1v) is 6.47. The number of hydrogen-bond acceptors (Lipinski definition) is 2. The third kappa shape index (κ3) is 3.55. The minimum atomic E-state index is 0.728. The molecule has 1 aliphatic heterocycles.